The fourth-order valence-electron chi connectivity index (χ4n) is 3.15. The minimum Gasteiger partial charge on any atom is -0.354 e. The van der Waals surface area contributed by atoms with Crippen molar-refractivity contribution in [3.63, 3.8) is 0 Å². The summed E-state index contributed by atoms with van der Waals surface area (Å²) in [4.78, 5) is 26.2. The van der Waals surface area contributed by atoms with Crippen LogP contribution >= 0.6 is 11.6 Å². The lowest BCUT2D eigenvalue weighted by Gasteiger charge is -2.35. The van der Waals surface area contributed by atoms with Gasteiger partial charge in [-0.15, -0.1) is 0 Å². The zero-order chi connectivity index (χ0) is 14.1. The van der Waals surface area contributed by atoms with Gasteiger partial charge in [-0.1, -0.05) is 11.6 Å². The fraction of sp³-hybridized carbons (Fsp3) is 0.467. The Hall–Kier alpha value is -1.39. The molecule has 3 rings (SSSR count). The largest absolute Gasteiger partial charge is 0.354 e. The Kier molecular flexibility index (Phi) is 3.76. The van der Waals surface area contributed by atoms with Gasteiger partial charge in [-0.2, -0.15) is 0 Å². The molecule has 4 nitrogen and oxygen atoms in total. The number of fused-ring (bicyclic) bond motifs is 1. The number of Topliss-reactive ketones (excluding diaryl/α,β-unsaturated/α-hetero) is 1. The van der Waals surface area contributed by atoms with Crippen LogP contribution in [0.4, 0.5) is 0 Å². The van der Waals surface area contributed by atoms with E-state index in [1.165, 1.54) is 0 Å². The maximum Gasteiger partial charge on any atom is 0.224 e. The highest BCUT2D eigenvalue weighted by Crippen LogP contribution is 2.27. The van der Waals surface area contributed by atoms with Gasteiger partial charge in [0.1, 0.15) is 0 Å². The van der Waals surface area contributed by atoms with E-state index in [2.05, 4.69) is 10.2 Å². The molecule has 2 heterocycles. The van der Waals surface area contributed by atoms with Crippen LogP contribution in [0.3, 0.4) is 0 Å². The minimum absolute atomic E-state index is 0.0572. The summed E-state index contributed by atoms with van der Waals surface area (Å²) >= 11 is 5.83. The van der Waals surface area contributed by atoms with Crippen molar-refractivity contribution >= 4 is 23.3 Å². The summed E-state index contributed by atoms with van der Waals surface area (Å²) in [7, 11) is 0. The second kappa shape index (κ2) is 5.54. The van der Waals surface area contributed by atoms with Gasteiger partial charge in [0.2, 0.25) is 5.91 Å². The molecule has 2 fully saturated rings. The molecule has 106 valence electrons. The first-order chi connectivity index (χ1) is 9.65. The summed E-state index contributed by atoms with van der Waals surface area (Å²) in [6.45, 7) is 1.92. The van der Waals surface area contributed by atoms with E-state index in [4.69, 9.17) is 11.6 Å². The monoisotopic (exact) mass is 292 g/mol. The molecular formula is C15H17ClN2O2. The molecule has 1 aromatic rings. The van der Waals surface area contributed by atoms with Gasteiger partial charge in [-0.3, -0.25) is 14.5 Å². The summed E-state index contributed by atoms with van der Waals surface area (Å²) in [5.41, 5.74) is 0.675. The van der Waals surface area contributed by atoms with Crippen LogP contribution in [0.5, 0.6) is 0 Å². The molecule has 1 aromatic carbocycles. The zero-order valence-electron chi connectivity index (χ0n) is 11.1. The number of ketones is 1. The number of hydrogen-bond acceptors (Lipinski definition) is 3. The molecular weight excluding hydrogens is 276 g/mol. The van der Waals surface area contributed by atoms with Crippen LogP contribution in [0.25, 0.3) is 0 Å². The summed E-state index contributed by atoms with van der Waals surface area (Å²) in [6.07, 6.45) is 1.91. The molecule has 2 aliphatic heterocycles. The summed E-state index contributed by atoms with van der Waals surface area (Å²) in [5.74, 6) is 0.280. The van der Waals surface area contributed by atoms with Crippen LogP contribution < -0.4 is 5.32 Å². The van der Waals surface area contributed by atoms with Crippen molar-refractivity contribution in [1.29, 1.82) is 0 Å². The molecule has 2 saturated heterocycles. The van der Waals surface area contributed by atoms with E-state index < -0.39 is 0 Å². The lowest BCUT2D eigenvalue weighted by atomic mass is 9.91. The minimum atomic E-state index is 0.0572. The highest BCUT2D eigenvalue weighted by Gasteiger charge is 2.41. The van der Waals surface area contributed by atoms with Gasteiger partial charge >= 0.3 is 0 Å². The first-order valence-corrected chi connectivity index (χ1v) is 7.33. The van der Waals surface area contributed by atoms with Crippen molar-refractivity contribution < 1.29 is 9.59 Å². The van der Waals surface area contributed by atoms with Crippen LogP contribution in [-0.4, -0.2) is 42.3 Å². The van der Waals surface area contributed by atoms with E-state index in [-0.39, 0.29) is 23.7 Å². The standard InChI is InChI=1S/C15H17ClN2O2/c16-11-5-3-10(4-6-11)14(19)9-18-7-1-2-12-13(18)8-17-15(12)20/h3-6,12-13H,1-2,7-9H2,(H,17,20). The predicted octanol–water partition coefficient (Wildman–Crippen LogP) is 1.73. The summed E-state index contributed by atoms with van der Waals surface area (Å²) in [5, 5.41) is 3.53. The number of amides is 1. The van der Waals surface area contributed by atoms with Crippen LogP contribution in [-0.2, 0) is 4.79 Å². The Morgan fingerprint density at radius 1 is 1.35 bits per heavy atom. The van der Waals surface area contributed by atoms with E-state index in [0.29, 0.717) is 23.7 Å². The van der Waals surface area contributed by atoms with Crippen LogP contribution in [0, 0.1) is 5.92 Å². The van der Waals surface area contributed by atoms with E-state index >= 15 is 0 Å². The van der Waals surface area contributed by atoms with Gasteiger partial charge in [0, 0.05) is 23.2 Å². The van der Waals surface area contributed by atoms with Crippen molar-refractivity contribution in [3.05, 3.63) is 34.9 Å². The molecule has 20 heavy (non-hydrogen) atoms. The highest BCUT2D eigenvalue weighted by atomic mass is 35.5. The molecule has 1 amide bonds. The number of piperidine rings is 1. The third kappa shape index (κ3) is 2.58. The van der Waals surface area contributed by atoms with Crippen molar-refractivity contribution in [2.45, 2.75) is 18.9 Å². The van der Waals surface area contributed by atoms with Crippen LogP contribution in [0.15, 0.2) is 24.3 Å². The van der Waals surface area contributed by atoms with Crippen molar-refractivity contribution in [2.75, 3.05) is 19.6 Å². The fourth-order valence-corrected chi connectivity index (χ4v) is 3.27. The van der Waals surface area contributed by atoms with Crippen molar-refractivity contribution in [1.82, 2.24) is 10.2 Å². The number of halogens is 1. The molecule has 0 bridgehead atoms. The highest BCUT2D eigenvalue weighted by molar-refractivity contribution is 6.30. The lowest BCUT2D eigenvalue weighted by molar-refractivity contribution is -0.124. The molecule has 2 atom stereocenters. The Labute approximate surface area is 123 Å². The first-order valence-electron chi connectivity index (χ1n) is 6.95. The number of nitrogens with zero attached hydrogens (tertiary/aromatic N) is 1. The van der Waals surface area contributed by atoms with Gasteiger partial charge in [-0.05, 0) is 43.7 Å². The number of rotatable bonds is 3. The predicted molar refractivity (Wildman–Crippen MR) is 76.9 cm³/mol. The molecule has 1 N–H and O–H groups in total. The summed E-state index contributed by atoms with van der Waals surface area (Å²) < 4.78 is 0. The van der Waals surface area contributed by atoms with Crippen molar-refractivity contribution in [2.24, 2.45) is 5.92 Å². The average Bonchev–Trinajstić information content (AvgIpc) is 2.82. The zero-order valence-corrected chi connectivity index (χ0v) is 11.9. The van der Waals surface area contributed by atoms with Gasteiger partial charge in [0.15, 0.2) is 5.78 Å². The normalized spacial score (nSPS) is 26.1. The van der Waals surface area contributed by atoms with Crippen LogP contribution in [0.1, 0.15) is 23.2 Å². The number of carbonyl (C=O) groups excluding carboxylic acids is 2. The Balaban J connectivity index is 1.69. The number of nitrogens with one attached hydrogen (secondary N) is 1. The van der Waals surface area contributed by atoms with Crippen molar-refractivity contribution in [3.8, 4) is 0 Å². The van der Waals surface area contributed by atoms with E-state index in [0.717, 1.165) is 19.4 Å². The number of hydrogen-bond donors (Lipinski definition) is 1. The Morgan fingerprint density at radius 3 is 2.85 bits per heavy atom. The topological polar surface area (TPSA) is 49.4 Å². The molecule has 0 saturated carbocycles. The van der Waals surface area contributed by atoms with Gasteiger partial charge in [0.25, 0.3) is 0 Å². The average molecular weight is 293 g/mol. The SMILES string of the molecule is O=C(CN1CCCC2C(=O)NCC21)c1ccc(Cl)cc1. The molecule has 0 aliphatic carbocycles. The quantitative estimate of drug-likeness (QED) is 0.863. The molecule has 2 unspecified atom stereocenters. The van der Waals surface area contributed by atoms with Gasteiger partial charge < -0.3 is 5.32 Å². The van der Waals surface area contributed by atoms with Gasteiger partial charge in [-0.25, -0.2) is 0 Å². The first kappa shape index (κ1) is 13.6. The maximum absolute atomic E-state index is 12.3. The number of benzene rings is 1. The molecule has 5 heteroatoms. The van der Waals surface area contributed by atoms with Crippen LogP contribution in [0.2, 0.25) is 5.02 Å². The second-order valence-corrected chi connectivity index (χ2v) is 5.90. The maximum atomic E-state index is 12.3. The third-order valence-corrected chi connectivity index (χ3v) is 4.48. The number of carbonyl (C=O) groups is 2. The summed E-state index contributed by atoms with van der Waals surface area (Å²) in [6, 6.07) is 7.14. The van der Waals surface area contributed by atoms with E-state index in [9.17, 15) is 9.59 Å². The molecule has 2 aliphatic rings. The lowest BCUT2D eigenvalue weighted by Crippen LogP contribution is -2.47. The van der Waals surface area contributed by atoms with E-state index in [1.54, 1.807) is 24.3 Å². The third-order valence-electron chi connectivity index (χ3n) is 4.23. The Bertz CT molecular complexity index is 529. The second-order valence-electron chi connectivity index (χ2n) is 5.46. The van der Waals surface area contributed by atoms with Gasteiger partial charge in [0.05, 0.1) is 12.5 Å². The smallest absolute Gasteiger partial charge is 0.224 e. The number of likely N-dealkylation sites (tertiary alicyclic amines) is 1. The molecule has 0 radical (unpaired) electrons. The van der Waals surface area contributed by atoms with E-state index in [1.807, 2.05) is 0 Å². The Morgan fingerprint density at radius 2 is 2.10 bits per heavy atom. The molecule has 0 spiro atoms. The molecule has 0 aromatic heterocycles.